The fourth-order valence-electron chi connectivity index (χ4n) is 3.42. The summed E-state index contributed by atoms with van der Waals surface area (Å²) in [6.07, 6.45) is 2.93. The van der Waals surface area contributed by atoms with Gasteiger partial charge >= 0.3 is 0 Å². The molecule has 5 nitrogen and oxygen atoms in total. The van der Waals surface area contributed by atoms with Crippen molar-refractivity contribution < 1.29 is 18.3 Å². The average molecular weight is 390 g/mol. The summed E-state index contributed by atoms with van der Waals surface area (Å²) in [6, 6.07) is 15.4. The SMILES string of the molecule is C=O.CC(C)S(=O)(=O)N[C@H]1CCCC1c1ccc(-c2ccc(O)cc2)cc1. The van der Waals surface area contributed by atoms with Gasteiger partial charge in [0.05, 0.1) is 5.25 Å². The Morgan fingerprint density at radius 1 is 0.963 bits per heavy atom. The molecule has 1 unspecified atom stereocenters. The molecule has 146 valence electrons. The van der Waals surface area contributed by atoms with Gasteiger partial charge in [0, 0.05) is 12.0 Å². The Labute approximate surface area is 161 Å². The molecule has 0 radical (unpaired) electrons. The Balaban J connectivity index is 0.00000126. The van der Waals surface area contributed by atoms with E-state index in [0.29, 0.717) is 0 Å². The lowest BCUT2D eigenvalue weighted by Gasteiger charge is -2.22. The van der Waals surface area contributed by atoms with E-state index in [2.05, 4.69) is 29.0 Å². The number of aromatic hydroxyl groups is 1. The highest BCUT2D eigenvalue weighted by Crippen LogP contribution is 2.36. The highest BCUT2D eigenvalue weighted by molar-refractivity contribution is 7.90. The summed E-state index contributed by atoms with van der Waals surface area (Å²) in [4.78, 5) is 8.00. The topological polar surface area (TPSA) is 83.5 Å². The number of carbonyl (C=O) groups is 1. The van der Waals surface area contributed by atoms with E-state index in [1.165, 1.54) is 5.56 Å². The summed E-state index contributed by atoms with van der Waals surface area (Å²) < 4.78 is 27.3. The summed E-state index contributed by atoms with van der Waals surface area (Å²) in [7, 11) is -3.25. The van der Waals surface area contributed by atoms with Gasteiger partial charge in [-0.2, -0.15) is 0 Å². The second-order valence-corrected chi connectivity index (χ2v) is 9.29. The molecule has 2 aromatic rings. The molecule has 0 aromatic heterocycles. The van der Waals surface area contributed by atoms with Gasteiger partial charge in [-0.3, -0.25) is 0 Å². The van der Waals surface area contributed by atoms with Crippen LogP contribution in [0.1, 0.15) is 44.6 Å². The maximum Gasteiger partial charge on any atom is 0.214 e. The van der Waals surface area contributed by atoms with Gasteiger partial charge in [-0.05, 0) is 55.5 Å². The fourth-order valence-corrected chi connectivity index (χ4v) is 4.40. The number of sulfonamides is 1. The first kappa shape index (κ1) is 21.1. The van der Waals surface area contributed by atoms with E-state index in [-0.39, 0.29) is 17.7 Å². The molecule has 1 fully saturated rings. The van der Waals surface area contributed by atoms with Crippen LogP contribution in [0.15, 0.2) is 48.5 Å². The lowest BCUT2D eigenvalue weighted by Crippen LogP contribution is -2.40. The molecule has 27 heavy (non-hydrogen) atoms. The van der Waals surface area contributed by atoms with Gasteiger partial charge in [-0.15, -0.1) is 0 Å². The Bertz CT molecular complexity index is 829. The lowest BCUT2D eigenvalue weighted by molar-refractivity contribution is -0.0980. The van der Waals surface area contributed by atoms with Crippen LogP contribution in [0, 0.1) is 0 Å². The minimum Gasteiger partial charge on any atom is -0.508 e. The number of nitrogens with one attached hydrogen (secondary N) is 1. The van der Waals surface area contributed by atoms with Crippen LogP contribution in [0.2, 0.25) is 0 Å². The molecule has 0 saturated heterocycles. The second-order valence-electron chi connectivity index (χ2n) is 7.02. The molecule has 3 rings (SSSR count). The summed E-state index contributed by atoms with van der Waals surface area (Å²) in [5.41, 5.74) is 3.31. The molecule has 0 heterocycles. The van der Waals surface area contributed by atoms with Crippen molar-refractivity contribution in [2.45, 2.75) is 50.3 Å². The average Bonchev–Trinajstić information content (AvgIpc) is 3.11. The third-order valence-electron chi connectivity index (χ3n) is 4.99. The summed E-state index contributed by atoms with van der Waals surface area (Å²) in [5.74, 6) is 0.481. The number of hydrogen-bond donors (Lipinski definition) is 2. The molecular weight excluding hydrogens is 362 g/mol. The van der Waals surface area contributed by atoms with Gasteiger partial charge in [0.2, 0.25) is 10.0 Å². The zero-order valence-corrected chi connectivity index (χ0v) is 16.6. The lowest BCUT2D eigenvalue weighted by atomic mass is 9.93. The van der Waals surface area contributed by atoms with Crippen molar-refractivity contribution in [3.8, 4) is 16.9 Å². The van der Waals surface area contributed by atoms with Crippen molar-refractivity contribution in [2.24, 2.45) is 0 Å². The van der Waals surface area contributed by atoms with Gasteiger partial charge in [-0.1, -0.05) is 42.8 Å². The van der Waals surface area contributed by atoms with Gasteiger partial charge in [0.1, 0.15) is 12.5 Å². The number of benzene rings is 2. The monoisotopic (exact) mass is 389 g/mol. The van der Waals surface area contributed by atoms with Crippen LogP contribution in [0.5, 0.6) is 5.75 Å². The van der Waals surface area contributed by atoms with Crippen molar-refractivity contribution in [1.82, 2.24) is 4.72 Å². The smallest absolute Gasteiger partial charge is 0.214 e. The Morgan fingerprint density at radius 2 is 1.48 bits per heavy atom. The van der Waals surface area contributed by atoms with Gasteiger partial charge < -0.3 is 9.90 Å². The first-order valence-corrected chi connectivity index (χ1v) is 10.6. The molecule has 0 aliphatic heterocycles. The van der Waals surface area contributed by atoms with Crippen LogP contribution in [0.3, 0.4) is 0 Å². The van der Waals surface area contributed by atoms with E-state index < -0.39 is 15.3 Å². The second kappa shape index (κ2) is 9.15. The van der Waals surface area contributed by atoms with Crippen LogP contribution in [-0.4, -0.2) is 31.6 Å². The zero-order chi connectivity index (χ0) is 20.0. The Kier molecular flexibility index (Phi) is 7.16. The molecule has 6 heteroatoms. The molecule has 1 aliphatic carbocycles. The van der Waals surface area contributed by atoms with E-state index in [0.717, 1.165) is 30.4 Å². The molecule has 2 aromatic carbocycles. The van der Waals surface area contributed by atoms with E-state index in [1.807, 2.05) is 18.9 Å². The molecule has 0 amide bonds. The first-order valence-electron chi connectivity index (χ1n) is 9.06. The number of phenols is 1. The number of phenolic OH excluding ortho intramolecular Hbond substituents is 1. The van der Waals surface area contributed by atoms with E-state index in [9.17, 15) is 13.5 Å². The standard InChI is InChI=1S/C20H25NO3S.CH2O/c1-14(2)25(23,24)21-20-5-3-4-19(20)17-8-6-15(7-9-17)16-10-12-18(22)13-11-16;1-2/h6-14,19-22H,3-5H2,1-2H3;1H2/t19?,20-;/m0./s1. The fraction of sp³-hybridized carbons (Fsp3) is 0.381. The largest absolute Gasteiger partial charge is 0.508 e. The highest BCUT2D eigenvalue weighted by atomic mass is 32.2. The van der Waals surface area contributed by atoms with Crippen molar-refractivity contribution in [3.05, 3.63) is 54.1 Å². The molecule has 0 spiro atoms. The van der Waals surface area contributed by atoms with Crippen molar-refractivity contribution >= 4 is 16.8 Å². The first-order chi connectivity index (χ1) is 12.9. The Hall–Kier alpha value is -2.18. The molecular formula is C21H27NO4S. The van der Waals surface area contributed by atoms with Crippen LogP contribution < -0.4 is 4.72 Å². The summed E-state index contributed by atoms with van der Waals surface area (Å²) in [6.45, 7) is 5.41. The van der Waals surface area contributed by atoms with Gasteiger partial charge in [-0.25, -0.2) is 13.1 Å². The van der Waals surface area contributed by atoms with E-state index in [4.69, 9.17) is 4.79 Å². The quantitative estimate of drug-likeness (QED) is 0.814. The highest BCUT2D eigenvalue weighted by Gasteiger charge is 2.32. The predicted octanol–water partition coefficient (Wildman–Crippen LogP) is 3.84. The van der Waals surface area contributed by atoms with Crippen molar-refractivity contribution in [1.29, 1.82) is 0 Å². The van der Waals surface area contributed by atoms with Crippen molar-refractivity contribution in [3.63, 3.8) is 0 Å². The third-order valence-corrected chi connectivity index (χ3v) is 6.86. The van der Waals surface area contributed by atoms with Crippen LogP contribution in [0.4, 0.5) is 0 Å². The Morgan fingerprint density at radius 3 is 2.00 bits per heavy atom. The third kappa shape index (κ3) is 5.17. The van der Waals surface area contributed by atoms with Crippen LogP contribution in [0.25, 0.3) is 11.1 Å². The summed E-state index contributed by atoms with van der Waals surface area (Å²) >= 11 is 0. The van der Waals surface area contributed by atoms with Gasteiger partial charge in [0.15, 0.2) is 0 Å². The zero-order valence-electron chi connectivity index (χ0n) is 15.8. The maximum absolute atomic E-state index is 12.2. The maximum atomic E-state index is 12.2. The number of rotatable bonds is 5. The normalized spacial score (nSPS) is 19.5. The van der Waals surface area contributed by atoms with E-state index >= 15 is 0 Å². The minimum absolute atomic E-state index is 0.0214. The number of carbonyl (C=O) groups excluding carboxylic acids is 1. The van der Waals surface area contributed by atoms with Crippen molar-refractivity contribution in [2.75, 3.05) is 0 Å². The molecule has 1 saturated carbocycles. The minimum atomic E-state index is -3.25. The number of hydrogen-bond acceptors (Lipinski definition) is 4. The van der Waals surface area contributed by atoms with E-state index in [1.54, 1.807) is 26.0 Å². The summed E-state index contributed by atoms with van der Waals surface area (Å²) in [5, 5.41) is 8.98. The van der Waals surface area contributed by atoms with Gasteiger partial charge in [0.25, 0.3) is 0 Å². The molecule has 1 aliphatic rings. The molecule has 2 atom stereocenters. The van der Waals surface area contributed by atoms with Crippen LogP contribution in [-0.2, 0) is 14.8 Å². The predicted molar refractivity (Wildman–Crippen MR) is 108 cm³/mol. The molecule has 0 bridgehead atoms. The molecule has 2 N–H and O–H groups in total. The van der Waals surface area contributed by atoms with Crippen LogP contribution >= 0.6 is 0 Å².